The van der Waals surface area contributed by atoms with Gasteiger partial charge in [-0.1, -0.05) is 23.4 Å². The van der Waals surface area contributed by atoms with E-state index in [0.29, 0.717) is 35.6 Å². The first-order chi connectivity index (χ1) is 12.1. The molecule has 25 heavy (non-hydrogen) atoms. The number of nitrogens with zero attached hydrogens (tertiary/aromatic N) is 4. The number of aryl methyl sites for hydroxylation is 1. The van der Waals surface area contributed by atoms with E-state index in [1.807, 2.05) is 0 Å². The van der Waals surface area contributed by atoms with E-state index in [2.05, 4.69) is 20.3 Å². The smallest absolute Gasteiger partial charge is 0.274 e. The molecule has 1 N–H and O–H groups in total. The van der Waals surface area contributed by atoms with Crippen LogP contribution in [0.3, 0.4) is 0 Å². The number of aromatic nitrogens is 4. The minimum atomic E-state index is -0.300. The molecule has 0 saturated carbocycles. The van der Waals surface area contributed by atoms with Gasteiger partial charge in [-0.15, -0.1) is 0 Å². The molecule has 8 nitrogen and oxygen atoms in total. The fraction of sp³-hybridized carbons (Fsp3) is 0.353. The van der Waals surface area contributed by atoms with Crippen molar-refractivity contribution in [2.45, 2.75) is 25.7 Å². The molecule has 3 heterocycles. The Morgan fingerprint density at radius 1 is 1.32 bits per heavy atom. The molecule has 1 aliphatic rings. The van der Waals surface area contributed by atoms with Crippen molar-refractivity contribution >= 4 is 16.7 Å². The van der Waals surface area contributed by atoms with E-state index in [4.69, 9.17) is 4.52 Å². The van der Waals surface area contributed by atoms with Crippen LogP contribution in [0, 0.1) is 6.92 Å². The average molecular weight is 339 g/mol. The Hall–Kier alpha value is -3.03. The second kappa shape index (κ2) is 6.12. The van der Waals surface area contributed by atoms with E-state index in [0.717, 1.165) is 12.8 Å². The number of carbonyl (C=O) groups excluding carboxylic acids is 1. The topological polar surface area (TPSA) is 105 Å². The van der Waals surface area contributed by atoms with Gasteiger partial charge in [0.1, 0.15) is 0 Å². The number of amides is 1. The fourth-order valence-corrected chi connectivity index (χ4v) is 3.28. The maximum absolute atomic E-state index is 13.0. The summed E-state index contributed by atoms with van der Waals surface area (Å²) >= 11 is 0. The van der Waals surface area contributed by atoms with Crippen LogP contribution in [0.1, 0.15) is 41.0 Å². The summed E-state index contributed by atoms with van der Waals surface area (Å²) in [5, 5.41) is 11.4. The summed E-state index contributed by atoms with van der Waals surface area (Å²) in [6.07, 6.45) is 1.76. The first-order valence-corrected chi connectivity index (χ1v) is 8.20. The fourth-order valence-electron chi connectivity index (χ4n) is 3.28. The lowest BCUT2D eigenvalue weighted by Gasteiger charge is -2.31. The highest BCUT2D eigenvalue weighted by Crippen LogP contribution is 2.26. The minimum Gasteiger partial charge on any atom is -0.340 e. The van der Waals surface area contributed by atoms with Gasteiger partial charge in [0.25, 0.3) is 11.5 Å². The highest BCUT2D eigenvalue weighted by Gasteiger charge is 2.29. The number of fused-ring (bicyclic) bond motifs is 1. The molecule has 8 heteroatoms. The number of rotatable bonds is 2. The molecule has 1 fully saturated rings. The molecule has 4 rings (SSSR count). The average Bonchev–Trinajstić information content (AvgIpc) is 3.08. The van der Waals surface area contributed by atoms with Gasteiger partial charge in [0.2, 0.25) is 5.89 Å². The predicted molar refractivity (Wildman–Crippen MR) is 89.3 cm³/mol. The van der Waals surface area contributed by atoms with Gasteiger partial charge in [-0.05, 0) is 18.9 Å². The van der Waals surface area contributed by atoms with E-state index in [1.165, 1.54) is 0 Å². The molecular weight excluding hydrogens is 322 g/mol. The second-order valence-corrected chi connectivity index (χ2v) is 6.21. The van der Waals surface area contributed by atoms with Crippen molar-refractivity contribution in [3.63, 3.8) is 0 Å². The van der Waals surface area contributed by atoms with E-state index < -0.39 is 0 Å². The van der Waals surface area contributed by atoms with Crippen LogP contribution in [-0.2, 0) is 0 Å². The first-order valence-electron chi connectivity index (χ1n) is 8.20. The summed E-state index contributed by atoms with van der Waals surface area (Å²) in [6, 6.07) is 6.99. The van der Waals surface area contributed by atoms with Crippen molar-refractivity contribution in [2.75, 3.05) is 13.1 Å². The molecule has 1 amide bonds. The third kappa shape index (κ3) is 2.79. The van der Waals surface area contributed by atoms with Gasteiger partial charge in [-0.2, -0.15) is 10.1 Å². The van der Waals surface area contributed by atoms with Crippen molar-refractivity contribution in [2.24, 2.45) is 0 Å². The number of aromatic amines is 1. The molecule has 1 atom stereocenters. The minimum absolute atomic E-state index is 0.0455. The summed E-state index contributed by atoms with van der Waals surface area (Å²) < 4.78 is 5.05. The van der Waals surface area contributed by atoms with Crippen molar-refractivity contribution in [1.82, 2.24) is 25.2 Å². The van der Waals surface area contributed by atoms with E-state index in [1.54, 1.807) is 36.1 Å². The van der Waals surface area contributed by atoms with Gasteiger partial charge >= 0.3 is 0 Å². The Kier molecular flexibility index (Phi) is 3.79. The number of hydrogen-bond donors (Lipinski definition) is 1. The quantitative estimate of drug-likeness (QED) is 0.761. The van der Waals surface area contributed by atoms with Crippen LogP contribution in [0.4, 0.5) is 0 Å². The summed E-state index contributed by atoms with van der Waals surface area (Å²) in [7, 11) is 0. The second-order valence-electron chi connectivity index (χ2n) is 6.21. The Labute approximate surface area is 142 Å². The molecule has 1 saturated heterocycles. The van der Waals surface area contributed by atoms with Crippen molar-refractivity contribution in [3.05, 3.63) is 52.0 Å². The van der Waals surface area contributed by atoms with Gasteiger partial charge in [0.15, 0.2) is 11.5 Å². The maximum Gasteiger partial charge on any atom is 0.274 e. The summed E-state index contributed by atoms with van der Waals surface area (Å²) in [5.41, 5.74) is -0.0360. The Morgan fingerprint density at radius 3 is 2.88 bits per heavy atom. The number of hydrogen-bond acceptors (Lipinski definition) is 6. The molecule has 0 aliphatic carbocycles. The zero-order valence-electron chi connectivity index (χ0n) is 13.7. The maximum atomic E-state index is 13.0. The zero-order valence-corrected chi connectivity index (χ0v) is 13.7. The Balaban J connectivity index is 1.65. The monoisotopic (exact) mass is 339 g/mol. The highest BCUT2D eigenvalue weighted by atomic mass is 16.5. The van der Waals surface area contributed by atoms with Crippen LogP contribution < -0.4 is 5.56 Å². The van der Waals surface area contributed by atoms with Gasteiger partial charge in [-0.3, -0.25) is 9.59 Å². The number of likely N-dealkylation sites (tertiary alicyclic amines) is 1. The molecule has 0 radical (unpaired) electrons. The largest absolute Gasteiger partial charge is 0.340 e. The van der Waals surface area contributed by atoms with Crippen molar-refractivity contribution in [3.8, 4) is 0 Å². The highest BCUT2D eigenvalue weighted by molar-refractivity contribution is 6.04. The number of piperidine rings is 1. The first kappa shape index (κ1) is 15.5. The van der Waals surface area contributed by atoms with Crippen molar-refractivity contribution < 1.29 is 9.32 Å². The lowest BCUT2D eigenvalue weighted by atomic mass is 9.97. The normalized spacial score (nSPS) is 17.8. The number of benzene rings is 1. The molecule has 1 aliphatic heterocycles. The molecule has 2 aromatic heterocycles. The van der Waals surface area contributed by atoms with Crippen LogP contribution in [-0.4, -0.2) is 44.2 Å². The third-order valence-corrected chi connectivity index (χ3v) is 4.52. The summed E-state index contributed by atoms with van der Waals surface area (Å²) in [5.74, 6) is 1.00. The van der Waals surface area contributed by atoms with Gasteiger partial charge in [-0.25, -0.2) is 5.10 Å². The molecule has 1 aromatic carbocycles. The van der Waals surface area contributed by atoms with Gasteiger partial charge in [0, 0.05) is 31.3 Å². The standard InChI is InChI=1S/C17H17N5O3/c1-10-18-15(21-25-10)11-5-4-8-22(9-11)17(24)14-12-6-2-3-7-13(12)16(23)20-19-14/h2-3,6-7,11H,4-5,8-9H2,1H3,(H,20,23)/t11-/m0/s1. The lowest BCUT2D eigenvalue weighted by Crippen LogP contribution is -2.40. The molecule has 0 spiro atoms. The Bertz CT molecular complexity index is 993. The molecule has 0 bridgehead atoms. The van der Waals surface area contributed by atoms with Crippen LogP contribution >= 0.6 is 0 Å². The lowest BCUT2D eigenvalue weighted by molar-refractivity contribution is 0.0698. The molecule has 3 aromatic rings. The van der Waals surface area contributed by atoms with Crippen LogP contribution in [0.25, 0.3) is 10.8 Å². The SMILES string of the molecule is Cc1nc([C@H]2CCCN(C(=O)c3n[nH]c(=O)c4ccccc34)C2)no1. The van der Waals surface area contributed by atoms with E-state index >= 15 is 0 Å². The predicted octanol–water partition coefficient (Wildman–Crippen LogP) is 1.63. The summed E-state index contributed by atoms with van der Waals surface area (Å²) in [6.45, 7) is 2.90. The van der Waals surface area contributed by atoms with E-state index in [9.17, 15) is 9.59 Å². The molecule has 0 unspecified atom stereocenters. The molecule has 128 valence electrons. The Morgan fingerprint density at radius 2 is 2.12 bits per heavy atom. The zero-order chi connectivity index (χ0) is 17.4. The van der Waals surface area contributed by atoms with Crippen molar-refractivity contribution in [1.29, 1.82) is 0 Å². The van der Waals surface area contributed by atoms with Crippen LogP contribution in [0.2, 0.25) is 0 Å². The third-order valence-electron chi connectivity index (χ3n) is 4.52. The van der Waals surface area contributed by atoms with Crippen LogP contribution in [0.5, 0.6) is 0 Å². The molecular formula is C17H17N5O3. The van der Waals surface area contributed by atoms with Gasteiger partial charge < -0.3 is 9.42 Å². The van der Waals surface area contributed by atoms with Crippen LogP contribution in [0.15, 0.2) is 33.6 Å². The number of carbonyl (C=O) groups is 1. The summed E-state index contributed by atoms with van der Waals surface area (Å²) in [4.78, 5) is 30.9. The van der Waals surface area contributed by atoms with Gasteiger partial charge in [0.05, 0.1) is 5.39 Å². The number of nitrogens with one attached hydrogen (secondary N) is 1. The van der Waals surface area contributed by atoms with E-state index in [-0.39, 0.29) is 23.1 Å². The number of H-pyrrole nitrogens is 1.